The Kier molecular flexibility index (Phi) is 4.16. The van der Waals surface area contributed by atoms with Crippen molar-refractivity contribution in [2.24, 2.45) is 5.84 Å². The van der Waals surface area contributed by atoms with Gasteiger partial charge in [-0.2, -0.15) is 0 Å². The molecule has 1 aromatic rings. The fraction of sp³-hybridized carbons (Fsp3) is 0.583. The van der Waals surface area contributed by atoms with Gasteiger partial charge in [-0.25, -0.2) is 19.6 Å². The number of hydrogen-bond acceptors (Lipinski definition) is 5. The maximum Gasteiger partial charge on any atom is 0.178 e. The molecule has 0 amide bonds. The van der Waals surface area contributed by atoms with Gasteiger partial charge in [-0.1, -0.05) is 6.92 Å². The molecule has 0 aliphatic carbocycles. The molecule has 1 fully saturated rings. The number of likely N-dealkylation sites (N-methyl/N-ethyl adjacent to an activating group) is 1. The monoisotopic (exact) mass is 271 g/mol. The number of nitrogens with two attached hydrogens (primary N) is 1. The van der Waals surface area contributed by atoms with Gasteiger partial charge >= 0.3 is 0 Å². The zero-order chi connectivity index (χ0) is 14.0. The van der Waals surface area contributed by atoms with Crippen molar-refractivity contribution in [1.82, 2.24) is 9.88 Å². The van der Waals surface area contributed by atoms with Crippen LogP contribution in [0.25, 0.3) is 0 Å². The van der Waals surface area contributed by atoms with Crippen LogP contribution in [0.1, 0.15) is 13.8 Å². The maximum atomic E-state index is 13.8. The summed E-state index contributed by atoms with van der Waals surface area (Å²) in [6.45, 7) is 7.30. The van der Waals surface area contributed by atoms with Gasteiger partial charge in [0.2, 0.25) is 0 Å². The lowest BCUT2D eigenvalue weighted by molar-refractivity contribution is 0.198. The van der Waals surface area contributed by atoms with Gasteiger partial charge in [0.05, 0.1) is 0 Å². The van der Waals surface area contributed by atoms with Crippen molar-refractivity contribution < 1.29 is 8.78 Å². The summed E-state index contributed by atoms with van der Waals surface area (Å²) >= 11 is 0. The van der Waals surface area contributed by atoms with Gasteiger partial charge in [0.15, 0.2) is 23.3 Å². The Balaban J connectivity index is 2.23. The number of hydrazine groups is 1. The van der Waals surface area contributed by atoms with Crippen LogP contribution in [-0.2, 0) is 0 Å². The van der Waals surface area contributed by atoms with E-state index in [-0.39, 0.29) is 11.6 Å². The molecule has 106 valence electrons. The van der Waals surface area contributed by atoms with Gasteiger partial charge in [0.1, 0.15) is 0 Å². The largest absolute Gasteiger partial charge is 0.351 e. The first-order valence-corrected chi connectivity index (χ1v) is 6.38. The molecule has 1 aliphatic heterocycles. The minimum Gasteiger partial charge on any atom is -0.351 e. The van der Waals surface area contributed by atoms with Crippen LogP contribution in [-0.4, -0.2) is 42.1 Å². The zero-order valence-corrected chi connectivity index (χ0v) is 11.2. The number of nitrogen functional groups attached to an aromatic ring is 1. The summed E-state index contributed by atoms with van der Waals surface area (Å²) < 4.78 is 27.2. The molecule has 0 spiro atoms. The number of hydrogen-bond donors (Lipinski definition) is 2. The molecule has 0 saturated carbocycles. The number of halogens is 2. The van der Waals surface area contributed by atoms with Crippen molar-refractivity contribution in [3.63, 3.8) is 0 Å². The van der Waals surface area contributed by atoms with E-state index in [1.165, 1.54) is 0 Å². The highest BCUT2D eigenvalue weighted by Crippen LogP contribution is 2.24. The molecular weight excluding hydrogens is 252 g/mol. The van der Waals surface area contributed by atoms with Crippen LogP contribution in [0.2, 0.25) is 0 Å². The highest BCUT2D eigenvalue weighted by molar-refractivity contribution is 5.49. The standard InChI is InChI=1S/C12H19F2N5/c1-3-18-4-5-19(7-8(18)2)12-10(14)6-9(13)11(16-12)17-15/h6,8H,3-5,7,15H2,1-2H3,(H,16,17). The third-order valence-corrected chi connectivity index (χ3v) is 3.52. The van der Waals surface area contributed by atoms with Crippen molar-refractivity contribution in [2.75, 3.05) is 36.5 Å². The molecule has 1 saturated heterocycles. The normalized spacial score (nSPS) is 20.7. The van der Waals surface area contributed by atoms with E-state index in [0.29, 0.717) is 19.1 Å². The second-order valence-electron chi connectivity index (χ2n) is 4.69. The molecule has 1 unspecified atom stereocenters. The second-order valence-corrected chi connectivity index (χ2v) is 4.69. The van der Waals surface area contributed by atoms with Gasteiger partial charge in [-0.05, 0) is 13.5 Å². The molecule has 3 N–H and O–H groups in total. The van der Waals surface area contributed by atoms with Crippen molar-refractivity contribution in [3.05, 3.63) is 17.7 Å². The van der Waals surface area contributed by atoms with Gasteiger partial charge in [-0.15, -0.1) is 0 Å². The maximum absolute atomic E-state index is 13.8. The van der Waals surface area contributed by atoms with Gasteiger partial charge < -0.3 is 10.3 Å². The van der Waals surface area contributed by atoms with E-state index in [9.17, 15) is 8.78 Å². The van der Waals surface area contributed by atoms with Gasteiger partial charge in [0, 0.05) is 31.7 Å². The van der Waals surface area contributed by atoms with E-state index in [2.05, 4.69) is 29.2 Å². The highest BCUT2D eigenvalue weighted by atomic mass is 19.1. The third-order valence-electron chi connectivity index (χ3n) is 3.52. The summed E-state index contributed by atoms with van der Waals surface area (Å²) in [6, 6.07) is 1.12. The molecule has 2 heterocycles. The Morgan fingerprint density at radius 3 is 2.74 bits per heavy atom. The minimum absolute atomic E-state index is 0.137. The molecule has 0 aromatic carbocycles. The molecule has 0 radical (unpaired) electrons. The SMILES string of the molecule is CCN1CCN(c2nc(NN)c(F)cc2F)CC1C. The molecule has 1 atom stereocenters. The van der Waals surface area contributed by atoms with E-state index in [1.54, 1.807) is 0 Å². The number of aromatic nitrogens is 1. The number of nitrogens with one attached hydrogen (secondary N) is 1. The van der Waals surface area contributed by atoms with Crippen LogP contribution in [0.15, 0.2) is 6.07 Å². The Hall–Kier alpha value is -1.47. The van der Waals surface area contributed by atoms with E-state index >= 15 is 0 Å². The van der Waals surface area contributed by atoms with Crippen LogP contribution in [0, 0.1) is 11.6 Å². The highest BCUT2D eigenvalue weighted by Gasteiger charge is 2.26. The van der Waals surface area contributed by atoms with Crippen LogP contribution in [0.3, 0.4) is 0 Å². The molecule has 2 rings (SSSR count). The third kappa shape index (κ3) is 2.76. The Morgan fingerprint density at radius 1 is 1.42 bits per heavy atom. The Morgan fingerprint density at radius 2 is 2.16 bits per heavy atom. The average molecular weight is 271 g/mol. The van der Waals surface area contributed by atoms with Crippen LogP contribution >= 0.6 is 0 Å². The van der Waals surface area contributed by atoms with Crippen molar-refractivity contribution in [1.29, 1.82) is 0 Å². The topological polar surface area (TPSA) is 57.4 Å². The number of rotatable bonds is 3. The van der Waals surface area contributed by atoms with Gasteiger partial charge in [0.25, 0.3) is 0 Å². The molecule has 5 nitrogen and oxygen atoms in total. The number of piperazine rings is 1. The fourth-order valence-electron chi connectivity index (χ4n) is 2.44. The second kappa shape index (κ2) is 5.66. The summed E-state index contributed by atoms with van der Waals surface area (Å²) in [5.41, 5.74) is 2.14. The number of pyridine rings is 1. The van der Waals surface area contributed by atoms with Gasteiger partial charge in [-0.3, -0.25) is 4.90 Å². The molecule has 0 bridgehead atoms. The van der Waals surface area contributed by atoms with Crippen molar-refractivity contribution in [2.45, 2.75) is 19.9 Å². The summed E-state index contributed by atoms with van der Waals surface area (Å²) in [5.74, 6) is 3.73. The van der Waals surface area contributed by atoms with Crippen LogP contribution < -0.4 is 16.2 Å². The predicted molar refractivity (Wildman–Crippen MR) is 70.9 cm³/mol. The smallest absolute Gasteiger partial charge is 0.178 e. The summed E-state index contributed by atoms with van der Waals surface area (Å²) in [6.07, 6.45) is 0. The molecular formula is C12H19F2N5. The van der Waals surface area contributed by atoms with Crippen molar-refractivity contribution >= 4 is 11.6 Å². The average Bonchev–Trinajstić information content (AvgIpc) is 2.39. The van der Waals surface area contributed by atoms with E-state index in [0.717, 1.165) is 19.2 Å². The first-order valence-electron chi connectivity index (χ1n) is 6.38. The lowest BCUT2D eigenvalue weighted by Gasteiger charge is -2.40. The minimum atomic E-state index is -0.788. The summed E-state index contributed by atoms with van der Waals surface area (Å²) in [5, 5.41) is 0. The van der Waals surface area contributed by atoms with Crippen LogP contribution in [0.5, 0.6) is 0 Å². The number of nitrogens with zero attached hydrogens (tertiary/aromatic N) is 3. The van der Waals surface area contributed by atoms with Crippen molar-refractivity contribution in [3.8, 4) is 0 Å². The lowest BCUT2D eigenvalue weighted by Crippen LogP contribution is -2.52. The summed E-state index contributed by atoms with van der Waals surface area (Å²) in [7, 11) is 0. The first-order chi connectivity index (χ1) is 9.06. The molecule has 1 aromatic heterocycles. The van der Waals surface area contributed by atoms with Crippen LogP contribution in [0.4, 0.5) is 20.4 Å². The predicted octanol–water partition coefficient (Wildman–Crippen LogP) is 1.18. The number of anilines is 2. The fourth-order valence-corrected chi connectivity index (χ4v) is 2.44. The first kappa shape index (κ1) is 14.0. The van der Waals surface area contributed by atoms with E-state index < -0.39 is 11.6 Å². The zero-order valence-electron chi connectivity index (χ0n) is 11.2. The Labute approximate surface area is 111 Å². The lowest BCUT2D eigenvalue weighted by atomic mass is 10.2. The van der Waals surface area contributed by atoms with E-state index in [4.69, 9.17) is 5.84 Å². The Bertz CT molecular complexity index is 454. The van der Waals surface area contributed by atoms with E-state index in [1.807, 2.05) is 4.90 Å². The molecule has 1 aliphatic rings. The summed E-state index contributed by atoms with van der Waals surface area (Å²) in [4.78, 5) is 8.05. The molecule has 7 heteroatoms. The quantitative estimate of drug-likeness (QED) is 0.638. The molecule has 19 heavy (non-hydrogen) atoms.